The predicted octanol–water partition coefficient (Wildman–Crippen LogP) is 3.11. The lowest BCUT2D eigenvalue weighted by atomic mass is 10.1. The fraction of sp³-hybridized carbons (Fsp3) is 0.400. The van der Waals surface area contributed by atoms with E-state index in [9.17, 15) is 4.79 Å². The van der Waals surface area contributed by atoms with Crippen LogP contribution < -0.4 is 20.3 Å². The summed E-state index contributed by atoms with van der Waals surface area (Å²) in [4.78, 5) is 18.2. The van der Waals surface area contributed by atoms with Crippen LogP contribution in [0, 0.1) is 0 Å². The van der Waals surface area contributed by atoms with Crippen LogP contribution in [0.3, 0.4) is 0 Å². The SMILES string of the molecule is CC(C)N(C)c1ccc(CN[C@@H](C)c2ccc3c(c2)NC(=O)CO3)cn1. The van der Waals surface area contributed by atoms with Gasteiger partial charge in [-0.05, 0) is 50.1 Å². The first-order valence-electron chi connectivity index (χ1n) is 8.92. The molecule has 0 spiro atoms. The van der Waals surface area contributed by atoms with Crippen LogP contribution in [0.2, 0.25) is 0 Å². The van der Waals surface area contributed by atoms with E-state index in [-0.39, 0.29) is 18.6 Å². The van der Waals surface area contributed by atoms with Gasteiger partial charge in [0.2, 0.25) is 0 Å². The van der Waals surface area contributed by atoms with Gasteiger partial charge in [0.15, 0.2) is 6.61 Å². The number of rotatable bonds is 6. The lowest BCUT2D eigenvalue weighted by Crippen LogP contribution is -2.26. The zero-order chi connectivity index (χ0) is 18.7. The quantitative estimate of drug-likeness (QED) is 0.834. The van der Waals surface area contributed by atoms with E-state index >= 15 is 0 Å². The van der Waals surface area contributed by atoms with Crippen LogP contribution in [0.4, 0.5) is 11.5 Å². The Bertz CT molecular complexity index is 774. The number of hydrogen-bond donors (Lipinski definition) is 2. The summed E-state index contributed by atoms with van der Waals surface area (Å²) in [6.45, 7) is 7.19. The van der Waals surface area contributed by atoms with E-state index in [1.54, 1.807) is 0 Å². The summed E-state index contributed by atoms with van der Waals surface area (Å²) in [6, 6.07) is 10.6. The Morgan fingerprint density at radius 3 is 2.77 bits per heavy atom. The highest BCUT2D eigenvalue weighted by Gasteiger charge is 2.17. The standard InChI is InChI=1S/C20H26N4O2/c1-13(2)24(4)19-8-5-15(11-22-19)10-21-14(3)16-6-7-18-17(9-16)23-20(25)12-26-18/h5-9,11,13-14,21H,10,12H2,1-4H3,(H,23,25)/t14-/m0/s1. The minimum Gasteiger partial charge on any atom is -0.482 e. The third-order valence-corrected chi connectivity index (χ3v) is 4.69. The maximum atomic E-state index is 11.5. The summed E-state index contributed by atoms with van der Waals surface area (Å²) in [5, 5.41) is 6.35. The predicted molar refractivity (Wildman–Crippen MR) is 104 cm³/mol. The number of amides is 1. The van der Waals surface area contributed by atoms with Crippen molar-refractivity contribution in [3.8, 4) is 5.75 Å². The van der Waals surface area contributed by atoms with Crippen LogP contribution in [0.1, 0.15) is 37.9 Å². The number of aromatic nitrogens is 1. The molecule has 26 heavy (non-hydrogen) atoms. The number of carbonyl (C=O) groups excluding carboxylic acids is 1. The molecule has 1 aliphatic rings. The van der Waals surface area contributed by atoms with Gasteiger partial charge in [-0.1, -0.05) is 12.1 Å². The molecule has 2 N–H and O–H groups in total. The molecular formula is C20H26N4O2. The van der Waals surface area contributed by atoms with E-state index in [1.165, 1.54) is 0 Å². The van der Waals surface area contributed by atoms with Crippen molar-refractivity contribution >= 4 is 17.4 Å². The molecule has 1 aromatic heterocycles. The number of pyridine rings is 1. The molecule has 0 radical (unpaired) electrons. The second kappa shape index (κ2) is 7.74. The highest BCUT2D eigenvalue weighted by molar-refractivity contribution is 5.95. The van der Waals surface area contributed by atoms with E-state index in [0.29, 0.717) is 6.04 Å². The minimum atomic E-state index is -0.118. The molecule has 1 amide bonds. The Morgan fingerprint density at radius 2 is 2.08 bits per heavy atom. The number of hydrogen-bond acceptors (Lipinski definition) is 5. The molecule has 3 rings (SSSR count). The number of nitrogens with zero attached hydrogens (tertiary/aromatic N) is 2. The minimum absolute atomic E-state index is 0.0785. The smallest absolute Gasteiger partial charge is 0.262 e. The maximum absolute atomic E-state index is 11.5. The Labute approximate surface area is 154 Å². The van der Waals surface area contributed by atoms with Crippen LogP contribution in [0.15, 0.2) is 36.5 Å². The van der Waals surface area contributed by atoms with Gasteiger partial charge in [0.1, 0.15) is 11.6 Å². The average Bonchev–Trinajstić information content (AvgIpc) is 2.65. The molecule has 0 bridgehead atoms. The van der Waals surface area contributed by atoms with Crippen molar-refractivity contribution in [2.75, 3.05) is 23.9 Å². The van der Waals surface area contributed by atoms with Gasteiger partial charge in [-0.2, -0.15) is 0 Å². The van der Waals surface area contributed by atoms with Crippen molar-refractivity contribution in [2.24, 2.45) is 0 Å². The fourth-order valence-electron chi connectivity index (χ4n) is 2.75. The molecule has 0 unspecified atom stereocenters. The first kappa shape index (κ1) is 18.2. The maximum Gasteiger partial charge on any atom is 0.262 e. The van der Waals surface area contributed by atoms with E-state index < -0.39 is 0 Å². The zero-order valence-electron chi connectivity index (χ0n) is 15.7. The van der Waals surface area contributed by atoms with Crippen molar-refractivity contribution in [1.82, 2.24) is 10.3 Å². The van der Waals surface area contributed by atoms with Gasteiger partial charge in [0, 0.05) is 31.9 Å². The molecule has 0 saturated carbocycles. The Hall–Kier alpha value is -2.60. The number of carbonyl (C=O) groups is 1. The first-order valence-corrected chi connectivity index (χ1v) is 8.92. The first-order chi connectivity index (χ1) is 12.4. The second-order valence-electron chi connectivity index (χ2n) is 6.92. The Morgan fingerprint density at radius 1 is 1.27 bits per heavy atom. The van der Waals surface area contributed by atoms with Gasteiger partial charge >= 0.3 is 0 Å². The molecule has 138 valence electrons. The molecule has 0 saturated heterocycles. The van der Waals surface area contributed by atoms with Gasteiger partial charge in [-0.3, -0.25) is 4.79 Å². The van der Waals surface area contributed by atoms with Crippen molar-refractivity contribution in [2.45, 2.75) is 39.4 Å². The van der Waals surface area contributed by atoms with Gasteiger partial charge in [-0.25, -0.2) is 4.98 Å². The number of ether oxygens (including phenoxy) is 1. The summed E-state index contributed by atoms with van der Waals surface area (Å²) in [7, 11) is 2.05. The van der Waals surface area contributed by atoms with E-state index in [2.05, 4.69) is 47.4 Å². The molecule has 2 heterocycles. The molecular weight excluding hydrogens is 328 g/mol. The van der Waals surface area contributed by atoms with Crippen LogP contribution in [0.25, 0.3) is 0 Å². The van der Waals surface area contributed by atoms with Gasteiger partial charge in [0.05, 0.1) is 5.69 Å². The zero-order valence-corrected chi connectivity index (χ0v) is 15.7. The van der Waals surface area contributed by atoms with Crippen LogP contribution >= 0.6 is 0 Å². The Kier molecular flexibility index (Phi) is 5.42. The normalized spacial score (nSPS) is 14.4. The third-order valence-electron chi connectivity index (χ3n) is 4.69. The largest absolute Gasteiger partial charge is 0.482 e. The van der Waals surface area contributed by atoms with Gasteiger partial charge < -0.3 is 20.3 Å². The Balaban J connectivity index is 1.61. The highest BCUT2D eigenvalue weighted by atomic mass is 16.5. The van der Waals surface area contributed by atoms with Crippen LogP contribution in [0.5, 0.6) is 5.75 Å². The summed E-state index contributed by atoms with van der Waals surface area (Å²) >= 11 is 0. The highest BCUT2D eigenvalue weighted by Crippen LogP contribution is 2.30. The van der Waals surface area contributed by atoms with E-state index in [0.717, 1.165) is 34.9 Å². The van der Waals surface area contributed by atoms with Gasteiger partial charge in [0.25, 0.3) is 5.91 Å². The molecule has 1 aromatic carbocycles. The van der Waals surface area contributed by atoms with Crippen molar-refractivity contribution in [3.05, 3.63) is 47.7 Å². The van der Waals surface area contributed by atoms with Crippen LogP contribution in [-0.2, 0) is 11.3 Å². The number of benzene rings is 1. The molecule has 6 heteroatoms. The fourth-order valence-corrected chi connectivity index (χ4v) is 2.75. The average molecular weight is 354 g/mol. The summed E-state index contributed by atoms with van der Waals surface area (Å²) < 4.78 is 5.40. The van der Waals surface area contributed by atoms with E-state index in [1.807, 2.05) is 37.5 Å². The monoisotopic (exact) mass is 354 g/mol. The lowest BCUT2D eigenvalue weighted by Gasteiger charge is -2.23. The van der Waals surface area contributed by atoms with Crippen molar-refractivity contribution in [1.29, 1.82) is 0 Å². The molecule has 0 fully saturated rings. The second-order valence-corrected chi connectivity index (χ2v) is 6.92. The number of anilines is 2. The topological polar surface area (TPSA) is 66.5 Å². The molecule has 1 aliphatic heterocycles. The molecule has 2 aromatic rings. The van der Waals surface area contributed by atoms with E-state index in [4.69, 9.17) is 4.74 Å². The number of fused-ring (bicyclic) bond motifs is 1. The van der Waals surface area contributed by atoms with Crippen molar-refractivity contribution < 1.29 is 9.53 Å². The molecule has 1 atom stereocenters. The van der Waals surface area contributed by atoms with Crippen molar-refractivity contribution in [3.63, 3.8) is 0 Å². The van der Waals surface area contributed by atoms with Gasteiger partial charge in [-0.15, -0.1) is 0 Å². The lowest BCUT2D eigenvalue weighted by molar-refractivity contribution is -0.118. The molecule has 6 nitrogen and oxygen atoms in total. The molecule has 0 aliphatic carbocycles. The number of nitrogens with one attached hydrogen (secondary N) is 2. The summed E-state index contributed by atoms with van der Waals surface area (Å²) in [6.07, 6.45) is 1.91. The summed E-state index contributed by atoms with van der Waals surface area (Å²) in [5.41, 5.74) is 2.96. The third kappa shape index (κ3) is 4.14. The summed E-state index contributed by atoms with van der Waals surface area (Å²) in [5.74, 6) is 1.57. The van der Waals surface area contributed by atoms with Crippen LogP contribution in [-0.4, -0.2) is 30.6 Å².